The molecule has 1 unspecified atom stereocenters. The first-order chi connectivity index (χ1) is 7.81. The molecule has 2 rings (SSSR count). The van der Waals surface area contributed by atoms with Gasteiger partial charge in [0.15, 0.2) is 0 Å². The van der Waals surface area contributed by atoms with E-state index >= 15 is 0 Å². The van der Waals surface area contributed by atoms with Gasteiger partial charge in [-0.15, -0.1) is 0 Å². The number of rotatable bonds is 4. The molecule has 1 aliphatic rings. The van der Waals surface area contributed by atoms with Crippen molar-refractivity contribution in [2.45, 2.75) is 6.04 Å². The van der Waals surface area contributed by atoms with Gasteiger partial charge < -0.3 is 15.5 Å². The van der Waals surface area contributed by atoms with Crippen LogP contribution in [0.1, 0.15) is 11.6 Å². The molecule has 0 aliphatic carbocycles. The number of amides is 2. The summed E-state index contributed by atoms with van der Waals surface area (Å²) in [6, 6.07) is 3.98. The van der Waals surface area contributed by atoms with Crippen molar-refractivity contribution in [1.29, 1.82) is 0 Å². The lowest BCUT2D eigenvalue weighted by Gasteiger charge is -2.13. The molecule has 0 bridgehead atoms. The Hall–Kier alpha value is -1.62. The van der Waals surface area contributed by atoms with Crippen molar-refractivity contribution in [3.05, 3.63) is 30.1 Å². The van der Waals surface area contributed by atoms with Crippen molar-refractivity contribution in [3.63, 3.8) is 0 Å². The van der Waals surface area contributed by atoms with Gasteiger partial charge in [-0.3, -0.25) is 4.98 Å². The van der Waals surface area contributed by atoms with E-state index in [0.29, 0.717) is 0 Å². The molecule has 0 radical (unpaired) electrons. The van der Waals surface area contributed by atoms with E-state index in [4.69, 9.17) is 0 Å². The molecule has 0 aromatic carbocycles. The fourth-order valence-corrected chi connectivity index (χ4v) is 1.81. The van der Waals surface area contributed by atoms with Crippen LogP contribution in [0.25, 0.3) is 0 Å². The van der Waals surface area contributed by atoms with E-state index in [9.17, 15) is 4.79 Å². The van der Waals surface area contributed by atoms with Gasteiger partial charge in [0.1, 0.15) is 0 Å². The smallest absolute Gasteiger partial charge is 0.318 e. The van der Waals surface area contributed by atoms with Gasteiger partial charge in [-0.25, -0.2) is 4.79 Å². The van der Waals surface area contributed by atoms with E-state index in [0.717, 1.165) is 25.2 Å². The second kappa shape index (κ2) is 4.94. The third-order valence-electron chi connectivity index (χ3n) is 2.73. The number of nitrogens with zero attached hydrogens (tertiary/aromatic N) is 2. The lowest BCUT2D eigenvalue weighted by Crippen LogP contribution is -2.33. The van der Waals surface area contributed by atoms with Crippen LogP contribution < -0.4 is 10.6 Å². The Labute approximate surface area is 94.9 Å². The molecule has 1 aromatic heterocycles. The van der Waals surface area contributed by atoms with Crippen molar-refractivity contribution in [1.82, 2.24) is 20.5 Å². The maximum absolute atomic E-state index is 11.6. The van der Waals surface area contributed by atoms with Crippen molar-refractivity contribution in [2.75, 3.05) is 26.7 Å². The summed E-state index contributed by atoms with van der Waals surface area (Å²) in [5, 5.41) is 6.00. The van der Waals surface area contributed by atoms with Crippen molar-refractivity contribution >= 4 is 6.03 Å². The van der Waals surface area contributed by atoms with Gasteiger partial charge in [0.2, 0.25) is 0 Å². The number of aromatic nitrogens is 1. The SMILES string of the molecule is CNCCN1CC(c2ccncc2)NC1=O. The molecule has 0 saturated carbocycles. The standard InChI is InChI=1S/C11H16N4O/c1-12-6-7-15-8-10(14-11(15)16)9-2-4-13-5-3-9/h2-5,10,12H,6-8H2,1H3,(H,14,16). The van der Waals surface area contributed by atoms with Crippen LogP contribution in [0.3, 0.4) is 0 Å². The average Bonchev–Trinajstić information content (AvgIpc) is 2.69. The first-order valence-corrected chi connectivity index (χ1v) is 5.41. The zero-order valence-electron chi connectivity index (χ0n) is 9.31. The number of hydrogen-bond acceptors (Lipinski definition) is 3. The number of pyridine rings is 1. The minimum atomic E-state index is 0.0112. The van der Waals surface area contributed by atoms with Crippen LogP contribution in [-0.2, 0) is 0 Å². The summed E-state index contributed by atoms with van der Waals surface area (Å²) in [6.45, 7) is 2.28. The normalized spacial score (nSPS) is 19.9. The Bertz CT molecular complexity index is 354. The van der Waals surface area contributed by atoms with Gasteiger partial charge in [0, 0.05) is 32.0 Å². The zero-order valence-corrected chi connectivity index (χ0v) is 9.31. The first kappa shape index (κ1) is 10.9. The molecule has 16 heavy (non-hydrogen) atoms. The highest BCUT2D eigenvalue weighted by molar-refractivity contribution is 5.77. The van der Waals surface area contributed by atoms with E-state index in [-0.39, 0.29) is 12.1 Å². The topological polar surface area (TPSA) is 57.3 Å². The van der Waals surface area contributed by atoms with Crippen molar-refractivity contribution in [2.24, 2.45) is 0 Å². The number of likely N-dealkylation sites (N-methyl/N-ethyl adjacent to an activating group) is 1. The molecular weight excluding hydrogens is 204 g/mol. The molecule has 1 aromatic rings. The summed E-state index contributed by atoms with van der Waals surface area (Å²) in [5.74, 6) is 0. The molecule has 0 spiro atoms. The Kier molecular flexibility index (Phi) is 3.36. The van der Waals surface area contributed by atoms with Crippen LogP contribution in [-0.4, -0.2) is 42.6 Å². The monoisotopic (exact) mass is 220 g/mol. The van der Waals surface area contributed by atoms with Gasteiger partial charge >= 0.3 is 6.03 Å². The third-order valence-corrected chi connectivity index (χ3v) is 2.73. The molecule has 1 aliphatic heterocycles. The summed E-state index contributed by atoms with van der Waals surface area (Å²) in [4.78, 5) is 17.4. The molecule has 1 fully saturated rings. The molecular formula is C11H16N4O. The van der Waals surface area contributed by atoms with E-state index < -0.39 is 0 Å². The highest BCUT2D eigenvalue weighted by atomic mass is 16.2. The number of nitrogens with one attached hydrogen (secondary N) is 2. The maximum atomic E-state index is 11.6. The maximum Gasteiger partial charge on any atom is 0.318 e. The van der Waals surface area contributed by atoms with Crippen LogP contribution in [0.15, 0.2) is 24.5 Å². The minimum Gasteiger partial charge on any atom is -0.329 e. The summed E-state index contributed by atoms with van der Waals surface area (Å²) in [5.41, 5.74) is 1.11. The fourth-order valence-electron chi connectivity index (χ4n) is 1.81. The Balaban J connectivity index is 1.98. The van der Waals surface area contributed by atoms with Gasteiger partial charge in [0.05, 0.1) is 6.04 Å². The Morgan fingerprint density at radius 2 is 2.31 bits per heavy atom. The number of carbonyl (C=O) groups excluding carboxylic acids is 1. The van der Waals surface area contributed by atoms with Gasteiger partial charge in [0.25, 0.3) is 0 Å². The van der Waals surface area contributed by atoms with Gasteiger partial charge in [-0.05, 0) is 24.7 Å². The first-order valence-electron chi connectivity index (χ1n) is 5.41. The summed E-state index contributed by atoms with van der Waals surface area (Å²) < 4.78 is 0. The lowest BCUT2D eigenvalue weighted by atomic mass is 10.1. The van der Waals surface area contributed by atoms with E-state index in [2.05, 4.69) is 15.6 Å². The van der Waals surface area contributed by atoms with Crippen LogP contribution in [0.4, 0.5) is 4.79 Å². The Morgan fingerprint density at radius 1 is 1.56 bits per heavy atom. The quantitative estimate of drug-likeness (QED) is 0.770. The predicted octanol–water partition coefficient (Wildman–Crippen LogP) is 0.367. The van der Waals surface area contributed by atoms with Gasteiger partial charge in [-0.2, -0.15) is 0 Å². The van der Waals surface area contributed by atoms with Crippen molar-refractivity contribution in [3.8, 4) is 0 Å². The van der Waals surface area contributed by atoms with Crippen LogP contribution in [0.2, 0.25) is 0 Å². The molecule has 1 saturated heterocycles. The molecule has 2 N–H and O–H groups in total. The summed E-state index contributed by atoms with van der Waals surface area (Å²) in [7, 11) is 1.88. The zero-order chi connectivity index (χ0) is 11.4. The molecule has 1 atom stereocenters. The highest BCUT2D eigenvalue weighted by Gasteiger charge is 2.28. The highest BCUT2D eigenvalue weighted by Crippen LogP contribution is 2.18. The fraction of sp³-hybridized carbons (Fsp3) is 0.455. The second-order valence-electron chi connectivity index (χ2n) is 3.83. The van der Waals surface area contributed by atoms with Crippen LogP contribution >= 0.6 is 0 Å². The third kappa shape index (κ3) is 2.30. The molecule has 5 heteroatoms. The molecule has 5 nitrogen and oxygen atoms in total. The molecule has 2 heterocycles. The summed E-state index contributed by atoms with van der Waals surface area (Å²) >= 11 is 0. The number of urea groups is 1. The van der Waals surface area contributed by atoms with Gasteiger partial charge in [-0.1, -0.05) is 0 Å². The van der Waals surface area contributed by atoms with E-state index in [1.807, 2.05) is 24.1 Å². The lowest BCUT2D eigenvalue weighted by molar-refractivity contribution is 0.218. The largest absolute Gasteiger partial charge is 0.329 e. The predicted molar refractivity (Wildman–Crippen MR) is 61.0 cm³/mol. The van der Waals surface area contributed by atoms with Crippen LogP contribution in [0, 0.1) is 0 Å². The molecule has 2 amide bonds. The second-order valence-corrected chi connectivity index (χ2v) is 3.83. The summed E-state index contributed by atoms with van der Waals surface area (Å²) in [6.07, 6.45) is 3.50. The van der Waals surface area contributed by atoms with E-state index in [1.54, 1.807) is 12.4 Å². The number of carbonyl (C=O) groups is 1. The Morgan fingerprint density at radius 3 is 3.00 bits per heavy atom. The van der Waals surface area contributed by atoms with Crippen LogP contribution in [0.5, 0.6) is 0 Å². The minimum absolute atomic E-state index is 0.0112. The van der Waals surface area contributed by atoms with E-state index in [1.165, 1.54) is 0 Å². The average molecular weight is 220 g/mol. The van der Waals surface area contributed by atoms with Crippen molar-refractivity contribution < 1.29 is 4.79 Å². The number of hydrogen-bond donors (Lipinski definition) is 2. The molecule has 86 valence electrons.